The van der Waals surface area contributed by atoms with Crippen molar-refractivity contribution in [1.82, 2.24) is 0 Å². The number of benzene rings is 2. The van der Waals surface area contributed by atoms with Crippen LogP contribution in [0.5, 0.6) is 5.75 Å². The Bertz CT molecular complexity index is 856. The lowest BCUT2D eigenvalue weighted by atomic mass is 10.1. The Labute approximate surface area is 150 Å². The van der Waals surface area contributed by atoms with Crippen molar-refractivity contribution in [2.45, 2.75) is 13.1 Å². The van der Waals surface area contributed by atoms with Gasteiger partial charge >= 0.3 is 6.18 Å². The van der Waals surface area contributed by atoms with E-state index in [0.717, 1.165) is 18.2 Å². The van der Waals surface area contributed by atoms with Crippen LogP contribution in [0.1, 0.15) is 22.8 Å². The highest BCUT2D eigenvalue weighted by molar-refractivity contribution is 6.31. The van der Waals surface area contributed by atoms with Gasteiger partial charge in [-0.15, -0.1) is 0 Å². The second kappa shape index (κ2) is 7.61. The van der Waals surface area contributed by atoms with E-state index in [1.54, 1.807) is 6.92 Å². The number of halogens is 4. The Morgan fingerprint density at radius 1 is 1.27 bits per heavy atom. The van der Waals surface area contributed by atoms with Gasteiger partial charge in [0.2, 0.25) is 0 Å². The zero-order valence-corrected chi connectivity index (χ0v) is 14.0. The number of nitrogens with zero attached hydrogens (tertiary/aromatic N) is 1. The summed E-state index contributed by atoms with van der Waals surface area (Å²) in [4.78, 5) is 22.6. The molecule has 0 fully saturated rings. The first-order valence-corrected chi connectivity index (χ1v) is 7.60. The number of rotatable bonds is 5. The Morgan fingerprint density at radius 2 is 1.96 bits per heavy atom. The van der Waals surface area contributed by atoms with Crippen LogP contribution in [0, 0.1) is 10.1 Å². The molecule has 0 radical (unpaired) electrons. The predicted octanol–water partition coefficient (Wildman–Crippen LogP) is 4.92. The Balaban J connectivity index is 2.38. The number of carbonyl (C=O) groups is 1. The van der Waals surface area contributed by atoms with Gasteiger partial charge < -0.3 is 10.1 Å². The molecular formula is C16H12ClF3N2O4. The van der Waals surface area contributed by atoms with Gasteiger partial charge in [0.15, 0.2) is 0 Å². The maximum atomic E-state index is 12.9. The summed E-state index contributed by atoms with van der Waals surface area (Å²) in [5.74, 6) is -0.784. The van der Waals surface area contributed by atoms with Crippen molar-refractivity contribution in [3.8, 4) is 5.75 Å². The molecule has 0 aliphatic carbocycles. The number of nitro benzene ring substituents is 1. The molecule has 2 aromatic carbocycles. The predicted molar refractivity (Wildman–Crippen MR) is 88.7 cm³/mol. The molecule has 1 amide bonds. The topological polar surface area (TPSA) is 81.5 Å². The zero-order valence-electron chi connectivity index (χ0n) is 13.3. The average Bonchev–Trinajstić information content (AvgIpc) is 2.56. The van der Waals surface area contributed by atoms with Crippen molar-refractivity contribution >= 4 is 28.9 Å². The van der Waals surface area contributed by atoms with Crippen molar-refractivity contribution in [1.29, 1.82) is 0 Å². The van der Waals surface area contributed by atoms with Gasteiger partial charge in [-0.05, 0) is 31.2 Å². The first kappa shape index (κ1) is 19.5. The minimum atomic E-state index is -4.69. The molecule has 0 spiro atoms. The van der Waals surface area contributed by atoms with Crippen LogP contribution in [-0.4, -0.2) is 17.4 Å². The molecule has 6 nitrogen and oxygen atoms in total. The van der Waals surface area contributed by atoms with E-state index in [-0.39, 0.29) is 29.3 Å². The summed E-state index contributed by atoms with van der Waals surface area (Å²) < 4.78 is 44.0. The summed E-state index contributed by atoms with van der Waals surface area (Å²) in [5, 5.41) is 12.6. The summed E-state index contributed by atoms with van der Waals surface area (Å²) in [6.45, 7) is 1.84. The number of carbonyl (C=O) groups excluding carboxylic acids is 1. The molecule has 0 unspecified atom stereocenters. The fourth-order valence-corrected chi connectivity index (χ4v) is 2.33. The number of nitro groups is 1. The van der Waals surface area contributed by atoms with Crippen molar-refractivity contribution in [3.63, 3.8) is 0 Å². The van der Waals surface area contributed by atoms with E-state index in [1.165, 1.54) is 12.1 Å². The summed E-state index contributed by atoms with van der Waals surface area (Å²) in [6.07, 6.45) is -4.69. The number of anilines is 1. The second-order valence-corrected chi connectivity index (χ2v) is 5.42. The number of alkyl halides is 3. The van der Waals surface area contributed by atoms with Gasteiger partial charge in [0.05, 0.1) is 27.7 Å². The highest BCUT2D eigenvalue weighted by atomic mass is 35.5. The van der Waals surface area contributed by atoms with Crippen LogP contribution < -0.4 is 10.1 Å². The van der Waals surface area contributed by atoms with Crippen LogP contribution >= 0.6 is 11.6 Å². The van der Waals surface area contributed by atoms with Crippen molar-refractivity contribution in [3.05, 3.63) is 62.7 Å². The molecule has 26 heavy (non-hydrogen) atoms. The van der Waals surface area contributed by atoms with E-state index >= 15 is 0 Å². The van der Waals surface area contributed by atoms with Crippen molar-refractivity contribution in [2.75, 3.05) is 11.9 Å². The van der Waals surface area contributed by atoms with E-state index in [1.807, 2.05) is 0 Å². The molecule has 0 aliphatic heterocycles. The molecule has 0 aromatic heterocycles. The van der Waals surface area contributed by atoms with Crippen LogP contribution in [0.4, 0.5) is 24.5 Å². The maximum absolute atomic E-state index is 12.9. The number of non-ortho nitro benzene ring substituents is 1. The third kappa shape index (κ3) is 4.42. The van der Waals surface area contributed by atoms with Gasteiger partial charge in [0.25, 0.3) is 11.6 Å². The Kier molecular flexibility index (Phi) is 5.71. The lowest BCUT2D eigenvalue weighted by Crippen LogP contribution is -2.15. The number of amides is 1. The SMILES string of the molecule is CCOc1ccc([N+](=O)[O-])cc1C(=O)Nc1ccc(Cl)c(C(F)(F)F)c1. The van der Waals surface area contributed by atoms with Crippen LogP contribution in [0.2, 0.25) is 5.02 Å². The maximum Gasteiger partial charge on any atom is 0.417 e. The first-order chi connectivity index (χ1) is 12.1. The van der Waals surface area contributed by atoms with E-state index in [9.17, 15) is 28.1 Å². The van der Waals surface area contributed by atoms with E-state index in [0.29, 0.717) is 6.07 Å². The molecule has 1 N–H and O–H groups in total. The molecule has 2 rings (SSSR count). The van der Waals surface area contributed by atoms with Crippen LogP contribution in [-0.2, 0) is 6.18 Å². The number of ether oxygens (including phenoxy) is 1. The highest BCUT2D eigenvalue weighted by Crippen LogP contribution is 2.36. The number of hydrogen-bond donors (Lipinski definition) is 1. The zero-order chi connectivity index (χ0) is 19.5. The molecule has 2 aromatic rings. The summed E-state index contributed by atoms with van der Waals surface area (Å²) in [6, 6.07) is 6.26. The summed E-state index contributed by atoms with van der Waals surface area (Å²) in [5.41, 5.74) is -1.81. The molecule has 0 saturated heterocycles. The molecule has 138 valence electrons. The molecule has 0 bridgehead atoms. The highest BCUT2D eigenvalue weighted by Gasteiger charge is 2.33. The standard InChI is InChI=1S/C16H12ClF3N2O4/c1-2-26-14-6-4-10(22(24)25)8-11(14)15(23)21-9-3-5-13(17)12(7-9)16(18,19)20/h3-8H,2H2,1H3,(H,21,23). The normalized spacial score (nSPS) is 11.1. The van der Waals surface area contributed by atoms with E-state index in [4.69, 9.17) is 16.3 Å². The lowest BCUT2D eigenvalue weighted by molar-refractivity contribution is -0.384. The fourth-order valence-electron chi connectivity index (χ4n) is 2.11. The summed E-state index contributed by atoms with van der Waals surface area (Å²) >= 11 is 5.53. The molecule has 0 heterocycles. The Hall–Kier alpha value is -2.81. The van der Waals surface area contributed by atoms with Gasteiger partial charge in [-0.25, -0.2) is 0 Å². The van der Waals surface area contributed by atoms with Gasteiger partial charge in [-0.3, -0.25) is 14.9 Å². The molecule has 0 aliphatic rings. The molecular weight excluding hydrogens is 377 g/mol. The third-order valence-electron chi connectivity index (χ3n) is 3.25. The van der Waals surface area contributed by atoms with Crippen LogP contribution in [0.15, 0.2) is 36.4 Å². The average molecular weight is 389 g/mol. The minimum absolute atomic E-state index is 0.0700. The summed E-state index contributed by atoms with van der Waals surface area (Å²) in [7, 11) is 0. The molecule has 0 saturated carbocycles. The monoisotopic (exact) mass is 388 g/mol. The van der Waals surface area contributed by atoms with E-state index in [2.05, 4.69) is 5.32 Å². The van der Waals surface area contributed by atoms with Crippen molar-refractivity contribution in [2.24, 2.45) is 0 Å². The van der Waals surface area contributed by atoms with Crippen molar-refractivity contribution < 1.29 is 27.6 Å². The van der Waals surface area contributed by atoms with Gasteiger partial charge in [0, 0.05) is 17.8 Å². The van der Waals surface area contributed by atoms with Crippen LogP contribution in [0.3, 0.4) is 0 Å². The largest absolute Gasteiger partial charge is 0.493 e. The third-order valence-corrected chi connectivity index (χ3v) is 3.58. The van der Waals surface area contributed by atoms with Gasteiger partial charge in [0.1, 0.15) is 5.75 Å². The van der Waals surface area contributed by atoms with Crippen LogP contribution in [0.25, 0.3) is 0 Å². The Morgan fingerprint density at radius 3 is 2.54 bits per heavy atom. The minimum Gasteiger partial charge on any atom is -0.493 e. The lowest BCUT2D eigenvalue weighted by Gasteiger charge is -2.13. The number of hydrogen-bond acceptors (Lipinski definition) is 4. The fraction of sp³-hybridized carbons (Fsp3) is 0.188. The second-order valence-electron chi connectivity index (χ2n) is 5.02. The number of nitrogens with one attached hydrogen (secondary N) is 1. The molecule has 10 heteroatoms. The van der Waals surface area contributed by atoms with E-state index < -0.39 is 27.6 Å². The quantitative estimate of drug-likeness (QED) is 0.582. The van der Waals surface area contributed by atoms with Gasteiger partial charge in [-0.2, -0.15) is 13.2 Å². The smallest absolute Gasteiger partial charge is 0.417 e. The first-order valence-electron chi connectivity index (χ1n) is 7.22. The molecule has 0 atom stereocenters. The van der Waals surface area contributed by atoms with Gasteiger partial charge in [-0.1, -0.05) is 11.6 Å².